The van der Waals surface area contributed by atoms with Gasteiger partial charge < -0.3 is 15.7 Å². The van der Waals surface area contributed by atoms with Crippen LogP contribution in [0.25, 0.3) is 0 Å². The van der Waals surface area contributed by atoms with Gasteiger partial charge in [0, 0.05) is 31.8 Å². The van der Waals surface area contributed by atoms with E-state index in [0.29, 0.717) is 24.6 Å². The highest BCUT2D eigenvalue weighted by Crippen LogP contribution is 2.24. The van der Waals surface area contributed by atoms with E-state index in [1.165, 1.54) is 25.7 Å². The minimum atomic E-state index is 0.292. The molecule has 2 atom stereocenters. The number of nitrogens with two attached hydrogens (primary N) is 1. The summed E-state index contributed by atoms with van der Waals surface area (Å²) < 4.78 is 0. The minimum absolute atomic E-state index is 0.292. The average molecular weight is 228 g/mol. The molecule has 3 nitrogen and oxygen atoms in total. The Kier molecular flexibility index (Phi) is 6.32. The first kappa shape index (κ1) is 13.9. The summed E-state index contributed by atoms with van der Waals surface area (Å²) in [7, 11) is 0. The predicted octanol–water partition coefficient (Wildman–Crippen LogP) is 1.60. The first-order chi connectivity index (χ1) is 7.65. The van der Waals surface area contributed by atoms with E-state index in [4.69, 9.17) is 10.8 Å². The molecular formula is C13H28N2O. The van der Waals surface area contributed by atoms with Crippen LogP contribution in [-0.4, -0.2) is 41.8 Å². The van der Waals surface area contributed by atoms with Gasteiger partial charge in [0.25, 0.3) is 0 Å². The van der Waals surface area contributed by atoms with Gasteiger partial charge in [-0.15, -0.1) is 0 Å². The van der Waals surface area contributed by atoms with Gasteiger partial charge in [-0.1, -0.05) is 12.8 Å². The van der Waals surface area contributed by atoms with Crippen LogP contribution in [0.15, 0.2) is 0 Å². The Bertz CT molecular complexity index is 185. The molecule has 1 aliphatic carbocycles. The number of aliphatic hydroxyl groups is 1. The van der Waals surface area contributed by atoms with Crippen molar-refractivity contribution in [3.05, 3.63) is 0 Å². The fraction of sp³-hybridized carbons (Fsp3) is 1.00. The second kappa shape index (κ2) is 7.25. The van der Waals surface area contributed by atoms with E-state index in [0.717, 1.165) is 19.5 Å². The molecule has 3 heteroatoms. The topological polar surface area (TPSA) is 49.5 Å². The molecule has 0 radical (unpaired) electrons. The predicted molar refractivity (Wildman–Crippen MR) is 68.3 cm³/mol. The first-order valence-corrected chi connectivity index (χ1v) is 6.75. The lowest BCUT2D eigenvalue weighted by Gasteiger charge is -2.35. The van der Waals surface area contributed by atoms with Gasteiger partial charge in [0.2, 0.25) is 0 Å². The Labute approximate surface area is 100 Å². The van der Waals surface area contributed by atoms with Crippen LogP contribution >= 0.6 is 0 Å². The van der Waals surface area contributed by atoms with Crippen LogP contribution < -0.4 is 5.73 Å². The van der Waals surface area contributed by atoms with E-state index in [1.807, 2.05) is 0 Å². The molecule has 1 aliphatic rings. The molecule has 0 aromatic carbocycles. The highest BCUT2D eigenvalue weighted by Gasteiger charge is 2.24. The van der Waals surface area contributed by atoms with Gasteiger partial charge in [-0.25, -0.2) is 0 Å². The van der Waals surface area contributed by atoms with Crippen LogP contribution in [0.3, 0.4) is 0 Å². The molecule has 2 unspecified atom stereocenters. The van der Waals surface area contributed by atoms with Gasteiger partial charge in [-0.3, -0.25) is 0 Å². The molecule has 0 spiro atoms. The van der Waals surface area contributed by atoms with E-state index in [2.05, 4.69) is 18.7 Å². The van der Waals surface area contributed by atoms with Gasteiger partial charge >= 0.3 is 0 Å². The van der Waals surface area contributed by atoms with Crippen LogP contribution in [0.1, 0.15) is 46.0 Å². The van der Waals surface area contributed by atoms with Crippen molar-refractivity contribution in [2.75, 3.05) is 19.7 Å². The van der Waals surface area contributed by atoms with E-state index < -0.39 is 0 Å². The van der Waals surface area contributed by atoms with Gasteiger partial charge in [0.1, 0.15) is 0 Å². The monoisotopic (exact) mass is 228 g/mol. The summed E-state index contributed by atoms with van der Waals surface area (Å²) in [6.07, 6.45) is 5.99. The van der Waals surface area contributed by atoms with Crippen molar-refractivity contribution in [3.63, 3.8) is 0 Å². The van der Waals surface area contributed by atoms with Crippen molar-refractivity contribution in [2.45, 2.75) is 58.0 Å². The molecular weight excluding hydrogens is 200 g/mol. The zero-order chi connectivity index (χ0) is 12.0. The van der Waals surface area contributed by atoms with Crippen molar-refractivity contribution >= 4 is 0 Å². The third-order valence-corrected chi connectivity index (χ3v) is 3.77. The average Bonchev–Trinajstić information content (AvgIpc) is 2.26. The van der Waals surface area contributed by atoms with Crippen LogP contribution in [0.5, 0.6) is 0 Å². The third-order valence-electron chi connectivity index (χ3n) is 3.77. The summed E-state index contributed by atoms with van der Waals surface area (Å²) in [5, 5.41) is 8.90. The van der Waals surface area contributed by atoms with Crippen LogP contribution in [-0.2, 0) is 0 Å². The summed E-state index contributed by atoms with van der Waals surface area (Å²) in [6.45, 7) is 6.85. The van der Waals surface area contributed by atoms with Crippen molar-refractivity contribution in [1.82, 2.24) is 4.90 Å². The van der Waals surface area contributed by atoms with E-state index in [-0.39, 0.29) is 0 Å². The Morgan fingerprint density at radius 2 is 2.00 bits per heavy atom. The maximum atomic E-state index is 8.90. The molecule has 0 saturated heterocycles. The van der Waals surface area contributed by atoms with Crippen molar-refractivity contribution in [2.24, 2.45) is 11.7 Å². The summed E-state index contributed by atoms with van der Waals surface area (Å²) in [4.78, 5) is 2.46. The lowest BCUT2D eigenvalue weighted by Crippen LogP contribution is -2.44. The Morgan fingerprint density at radius 3 is 2.56 bits per heavy atom. The number of nitrogens with zero attached hydrogens (tertiary/aromatic N) is 1. The maximum Gasteiger partial charge on any atom is 0.0443 e. The van der Waals surface area contributed by atoms with E-state index >= 15 is 0 Å². The molecule has 96 valence electrons. The molecule has 3 N–H and O–H groups in total. The normalized spacial score (nSPS) is 26.6. The van der Waals surface area contributed by atoms with Crippen molar-refractivity contribution < 1.29 is 5.11 Å². The number of hydrogen-bond donors (Lipinski definition) is 2. The van der Waals surface area contributed by atoms with Crippen molar-refractivity contribution in [1.29, 1.82) is 0 Å². The second-order valence-corrected chi connectivity index (χ2v) is 5.37. The van der Waals surface area contributed by atoms with Crippen LogP contribution in [0, 0.1) is 5.92 Å². The fourth-order valence-electron chi connectivity index (χ4n) is 2.60. The van der Waals surface area contributed by atoms with E-state index in [1.54, 1.807) is 0 Å². The Hall–Kier alpha value is -0.120. The molecule has 16 heavy (non-hydrogen) atoms. The molecule has 0 heterocycles. The summed E-state index contributed by atoms with van der Waals surface area (Å²) in [6, 6.07) is 0.949. The SMILES string of the molecule is CC(C)N(CCCO)CC1CCCCC1N. The standard InChI is InChI=1S/C13H28N2O/c1-11(2)15(8-5-9-16)10-12-6-3-4-7-13(12)14/h11-13,16H,3-10,14H2,1-2H3. The lowest BCUT2D eigenvalue weighted by molar-refractivity contribution is 0.141. The van der Waals surface area contributed by atoms with Gasteiger partial charge in [0.05, 0.1) is 0 Å². The van der Waals surface area contributed by atoms with Crippen molar-refractivity contribution in [3.8, 4) is 0 Å². The molecule has 0 aromatic heterocycles. The number of hydrogen-bond acceptors (Lipinski definition) is 3. The minimum Gasteiger partial charge on any atom is -0.396 e. The molecule has 0 bridgehead atoms. The third kappa shape index (κ3) is 4.40. The summed E-state index contributed by atoms with van der Waals surface area (Å²) >= 11 is 0. The maximum absolute atomic E-state index is 8.90. The molecule has 0 aliphatic heterocycles. The zero-order valence-corrected chi connectivity index (χ0v) is 10.9. The molecule has 1 fully saturated rings. The second-order valence-electron chi connectivity index (χ2n) is 5.37. The van der Waals surface area contributed by atoms with E-state index in [9.17, 15) is 0 Å². The highest BCUT2D eigenvalue weighted by atomic mass is 16.3. The zero-order valence-electron chi connectivity index (χ0n) is 10.9. The largest absolute Gasteiger partial charge is 0.396 e. The smallest absolute Gasteiger partial charge is 0.0443 e. The lowest BCUT2D eigenvalue weighted by atomic mass is 9.84. The molecule has 0 amide bonds. The molecule has 1 saturated carbocycles. The molecule has 1 rings (SSSR count). The Balaban J connectivity index is 2.39. The van der Waals surface area contributed by atoms with Gasteiger partial charge in [-0.2, -0.15) is 0 Å². The fourth-order valence-corrected chi connectivity index (χ4v) is 2.60. The summed E-state index contributed by atoms with van der Waals surface area (Å²) in [5.41, 5.74) is 6.18. The van der Waals surface area contributed by atoms with Gasteiger partial charge in [0.15, 0.2) is 0 Å². The summed E-state index contributed by atoms with van der Waals surface area (Å²) in [5.74, 6) is 0.662. The quantitative estimate of drug-likeness (QED) is 0.726. The highest BCUT2D eigenvalue weighted by molar-refractivity contribution is 4.81. The van der Waals surface area contributed by atoms with Crippen LogP contribution in [0.2, 0.25) is 0 Å². The first-order valence-electron chi connectivity index (χ1n) is 6.75. The number of rotatable bonds is 6. The molecule has 0 aromatic rings. The Morgan fingerprint density at radius 1 is 1.31 bits per heavy atom. The van der Waals surface area contributed by atoms with Crippen LogP contribution in [0.4, 0.5) is 0 Å². The number of aliphatic hydroxyl groups excluding tert-OH is 1. The van der Waals surface area contributed by atoms with Gasteiger partial charge in [-0.05, 0) is 39.0 Å².